The molecule has 9 heteroatoms. The Morgan fingerprint density at radius 2 is 1.67 bits per heavy atom. The van der Waals surface area contributed by atoms with Crippen molar-refractivity contribution in [3.05, 3.63) is 72.3 Å². The number of aromatic nitrogens is 6. The molecule has 0 spiro atoms. The number of rotatable bonds is 7. The molecule has 8 nitrogen and oxygen atoms in total. The van der Waals surface area contributed by atoms with Crippen LogP contribution in [0.2, 0.25) is 0 Å². The van der Waals surface area contributed by atoms with Gasteiger partial charge in [0.25, 0.3) is 0 Å². The smallest absolute Gasteiger partial charge is 0.232 e. The van der Waals surface area contributed by atoms with Crippen LogP contribution in [-0.4, -0.2) is 29.7 Å². The molecule has 1 aliphatic rings. The molecule has 0 atom stereocenters. The Hall–Kier alpha value is -3.46. The third-order valence-electron chi connectivity index (χ3n) is 4.67. The zero-order valence-electron chi connectivity index (χ0n) is 16.1. The van der Waals surface area contributed by atoms with Gasteiger partial charge in [0.1, 0.15) is 11.6 Å². The number of nitrogens with one attached hydrogen (secondary N) is 1. The lowest BCUT2D eigenvalue weighted by Gasteiger charge is -2.10. The summed E-state index contributed by atoms with van der Waals surface area (Å²) in [6, 6.07) is 19.9. The van der Waals surface area contributed by atoms with Crippen LogP contribution in [0.4, 0.5) is 17.6 Å². The van der Waals surface area contributed by atoms with Crippen LogP contribution in [-0.2, 0) is 5.75 Å². The summed E-state index contributed by atoms with van der Waals surface area (Å²) in [5.41, 5.74) is 7.86. The second-order valence-corrected chi connectivity index (χ2v) is 7.94. The molecule has 2 aromatic heterocycles. The van der Waals surface area contributed by atoms with Crippen LogP contribution in [0, 0.1) is 0 Å². The number of nitrogens with two attached hydrogens (primary N) is 1. The van der Waals surface area contributed by atoms with Crippen LogP contribution in [0.15, 0.2) is 65.8 Å². The van der Waals surface area contributed by atoms with Gasteiger partial charge in [0.05, 0.1) is 5.75 Å². The molecule has 0 radical (unpaired) electrons. The Morgan fingerprint density at radius 1 is 0.933 bits per heavy atom. The van der Waals surface area contributed by atoms with Crippen LogP contribution in [0.25, 0.3) is 5.69 Å². The lowest BCUT2D eigenvalue weighted by atomic mass is 10.3. The molecular weight excluding hydrogens is 396 g/mol. The van der Waals surface area contributed by atoms with E-state index in [2.05, 4.69) is 47.2 Å². The number of hydrogen-bond donors (Lipinski definition) is 2. The Bertz CT molecular complexity index is 1140. The second kappa shape index (κ2) is 8.11. The first-order valence-corrected chi connectivity index (χ1v) is 10.7. The highest BCUT2D eigenvalue weighted by Gasteiger charge is 2.31. The molecule has 3 N–H and O–H groups in total. The molecule has 0 saturated heterocycles. The normalized spacial score (nSPS) is 13.3. The molecule has 30 heavy (non-hydrogen) atoms. The maximum Gasteiger partial charge on any atom is 0.232 e. The molecule has 4 aromatic rings. The van der Waals surface area contributed by atoms with Crippen LogP contribution in [0.3, 0.4) is 0 Å². The highest BCUT2D eigenvalue weighted by molar-refractivity contribution is 7.98. The molecule has 0 bridgehead atoms. The molecule has 1 fully saturated rings. The zero-order valence-corrected chi connectivity index (χ0v) is 17.0. The van der Waals surface area contributed by atoms with E-state index in [-0.39, 0.29) is 5.95 Å². The summed E-state index contributed by atoms with van der Waals surface area (Å²) in [6.45, 7) is 0. The minimum absolute atomic E-state index is 0.183. The van der Waals surface area contributed by atoms with Crippen molar-refractivity contribution in [2.75, 3.05) is 11.1 Å². The fourth-order valence-corrected chi connectivity index (χ4v) is 3.95. The van der Waals surface area contributed by atoms with Gasteiger partial charge in [-0.1, -0.05) is 48.2 Å². The van der Waals surface area contributed by atoms with E-state index in [0.717, 1.165) is 35.2 Å². The summed E-state index contributed by atoms with van der Waals surface area (Å²) in [7, 11) is 0. The highest BCUT2D eigenvalue weighted by atomic mass is 32.2. The predicted molar refractivity (Wildman–Crippen MR) is 117 cm³/mol. The molecule has 2 heterocycles. The van der Waals surface area contributed by atoms with E-state index in [1.807, 2.05) is 48.5 Å². The van der Waals surface area contributed by atoms with Gasteiger partial charge in [-0.15, -0.1) is 10.2 Å². The zero-order chi connectivity index (χ0) is 20.3. The van der Waals surface area contributed by atoms with Gasteiger partial charge in [0.15, 0.2) is 5.16 Å². The number of hydrogen-bond acceptors (Lipinski definition) is 8. The fourth-order valence-electron chi connectivity index (χ4n) is 3.14. The maximum absolute atomic E-state index is 5.91. The van der Waals surface area contributed by atoms with Gasteiger partial charge in [0.2, 0.25) is 11.9 Å². The summed E-state index contributed by atoms with van der Waals surface area (Å²) in [6.07, 6.45) is 2.32. The summed E-state index contributed by atoms with van der Waals surface area (Å²) < 4.78 is 2.13. The predicted octanol–water partition coefficient (Wildman–Crippen LogP) is 3.95. The molecule has 1 aliphatic carbocycles. The van der Waals surface area contributed by atoms with Gasteiger partial charge in [0, 0.05) is 17.3 Å². The van der Waals surface area contributed by atoms with Gasteiger partial charge < -0.3 is 11.1 Å². The summed E-state index contributed by atoms with van der Waals surface area (Å²) in [5, 5.41) is 12.9. The van der Waals surface area contributed by atoms with E-state index >= 15 is 0 Å². The monoisotopic (exact) mass is 416 g/mol. The SMILES string of the molecule is Nc1nc(CSc2nnc(C3CC3)n2-c2ccccc2)nc(Nc2ccccc2)n1. The summed E-state index contributed by atoms with van der Waals surface area (Å²) >= 11 is 1.54. The van der Waals surface area contributed by atoms with Gasteiger partial charge in [-0.05, 0) is 37.1 Å². The van der Waals surface area contributed by atoms with Crippen LogP contribution in [0.5, 0.6) is 0 Å². The third-order valence-corrected chi connectivity index (χ3v) is 5.60. The standard InChI is InChI=1S/C21H20N8S/c22-19-24-17(25-20(26-19)23-15-7-3-1-4-8-15)13-30-21-28-27-18(14-11-12-14)29(21)16-9-5-2-6-10-16/h1-10,14H,11-13H2,(H3,22,23,24,25,26). The quantitative estimate of drug-likeness (QED) is 0.436. The van der Waals surface area contributed by atoms with Crippen molar-refractivity contribution in [2.24, 2.45) is 0 Å². The van der Waals surface area contributed by atoms with E-state index in [0.29, 0.717) is 23.4 Å². The first-order valence-electron chi connectivity index (χ1n) is 9.72. The van der Waals surface area contributed by atoms with E-state index in [1.165, 1.54) is 11.8 Å². The van der Waals surface area contributed by atoms with Crippen molar-refractivity contribution in [3.63, 3.8) is 0 Å². The first kappa shape index (κ1) is 18.6. The van der Waals surface area contributed by atoms with Crippen molar-refractivity contribution in [1.29, 1.82) is 0 Å². The van der Waals surface area contributed by atoms with Crippen LogP contribution < -0.4 is 11.1 Å². The van der Waals surface area contributed by atoms with E-state index in [1.54, 1.807) is 0 Å². The minimum Gasteiger partial charge on any atom is -0.368 e. The van der Waals surface area contributed by atoms with Crippen molar-refractivity contribution in [1.82, 2.24) is 29.7 Å². The minimum atomic E-state index is 0.183. The lowest BCUT2D eigenvalue weighted by molar-refractivity contribution is 0.828. The molecule has 150 valence electrons. The summed E-state index contributed by atoms with van der Waals surface area (Å²) in [5.74, 6) is 3.20. The number of benzene rings is 2. The largest absolute Gasteiger partial charge is 0.368 e. The molecule has 2 aromatic carbocycles. The van der Waals surface area contributed by atoms with Crippen molar-refractivity contribution in [3.8, 4) is 5.69 Å². The van der Waals surface area contributed by atoms with E-state index < -0.39 is 0 Å². The summed E-state index contributed by atoms with van der Waals surface area (Å²) in [4.78, 5) is 13.0. The number of thioether (sulfide) groups is 1. The lowest BCUT2D eigenvalue weighted by Crippen LogP contribution is -2.07. The number of anilines is 3. The Labute approximate surface area is 178 Å². The van der Waals surface area contributed by atoms with Crippen molar-refractivity contribution < 1.29 is 0 Å². The van der Waals surface area contributed by atoms with Gasteiger partial charge in [-0.3, -0.25) is 4.57 Å². The first-order chi connectivity index (χ1) is 14.8. The Balaban J connectivity index is 1.38. The molecule has 0 amide bonds. The van der Waals surface area contributed by atoms with Crippen LogP contribution >= 0.6 is 11.8 Å². The molecule has 1 saturated carbocycles. The number of nitrogens with zero attached hydrogens (tertiary/aromatic N) is 6. The van der Waals surface area contributed by atoms with E-state index in [9.17, 15) is 0 Å². The Morgan fingerprint density at radius 3 is 2.40 bits per heavy atom. The van der Waals surface area contributed by atoms with Crippen LogP contribution in [0.1, 0.15) is 30.4 Å². The average Bonchev–Trinajstić information content (AvgIpc) is 3.52. The topological polar surface area (TPSA) is 107 Å². The third kappa shape index (κ3) is 4.11. The number of nitrogen functional groups attached to an aromatic ring is 1. The molecule has 0 unspecified atom stereocenters. The highest BCUT2D eigenvalue weighted by Crippen LogP contribution is 2.41. The fraction of sp³-hybridized carbons (Fsp3) is 0.190. The van der Waals surface area contributed by atoms with Gasteiger partial charge in [-0.2, -0.15) is 15.0 Å². The Kier molecular flexibility index (Phi) is 5.02. The second-order valence-electron chi connectivity index (χ2n) is 7.00. The van der Waals surface area contributed by atoms with Gasteiger partial charge in [-0.25, -0.2) is 0 Å². The molecular formula is C21H20N8S. The average molecular weight is 417 g/mol. The molecule has 0 aliphatic heterocycles. The molecule has 5 rings (SSSR count). The number of para-hydroxylation sites is 2. The maximum atomic E-state index is 5.91. The van der Waals surface area contributed by atoms with Crippen molar-refractivity contribution in [2.45, 2.75) is 29.7 Å². The van der Waals surface area contributed by atoms with Crippen molar-refractivity contribution >= 4 is 29.3 Å². The van der Waals surface area contributed by atoms with E-state index in [4.69, 9.17) is 5.73 Å². The van der Waals surface area contributed by atoms with Gasteiger partial charge >= 0.3 is 0 Å².